The molecule has 2 fully saturated rings. The number of carbonyl (C=O) groups is 2. The number of halogens is 1. The zero-order valence-electron chi connectivity index (χ0n) is 18.3. The molecule has 2 saturated heterocycles. The molecule has 1 aromatic carbocycles. The third-order valence-corrected chi connectivity index (χ3v) is 6.07. The summed E-state index contributed by atoms with van der Waals surface area (Å²) in [6.07, 6.45) is 3.34. The first-order valence-electron chi connectivity index (χ1n) is 10.6. The highest BCUT2D eigenvalue weighted by atomic mass is 35.5. The highest BCUT2D eigenvalue weighted by molar-refractivity contribution is 5.97. The third-order valence-electron chi connectivity index (χ3n) is 6.07. The summed E-state index contributed by atoms with van der Waals surface area (Å²) >= 11 is 0. The number of fused-ring (bicyclic) bond motifs is 2. The SMILES string of the molecule is CC(C)C(NC(=O)c1ccc(C(C)(C)C)cc1)C(=O)N1CCC2CCC(C1)N2.Cl. The van der Waals surface area contributed by atoms with Crippen molar-refractivity contribution in [2.45, 2.75) is 77.4 Å². The lowest BCUT2D eigenvalue weighted by Crippen LogP contribution is -2.53. The molecule has 2 amide bonds. The summed E-state index contributed by atoms with van der Waals surface area (Å²) in [6, 6.07) is 8.14. The molecule has 0 radical (unpaired) electrons. The van der Waals surface area contributed by atoms with Gasteiger partial charge in [-0.2, -0.15) is 0 Å². The Morgan fingerprint density at radius 2 is 1.69 bits per heavy atom. The lowest BCUT2D eigenvalue weighted by molar-refractivity contribution is -0.134. The Bertz CT molecular complexity index is 712. The molecule has 0 aromatic heterocycles. The number of nitrogens with one attached hydrogen (secondary N) is 2. The van der Waals surface area contributed by atoms with Gasteiger partial charge in [-0.15, -0.1) is 12.4 Å². The summed E-state index contributed by atoms with van der Waals surface area (Å²) in [5.74, 6) is -0.0929. The molecule has 29 heavy (non-hydrogen) atoms. The zero-order chi connectivity index (χ0) is 20.5. The molecule has 2 aliphatic heterocycles. The summed E-state index contributed by atoms with van der Waals surface area (Å²) < 4.78 is 0. The van der Waals surface area contributed by atoms with Gasteiger partial charge in [-0.1, -0.05) is 46.8 Å². The fourth-order valence-electron chi connectivity index (χ4n) is 4.20. The van der Waals surface area contributed by atoms with Crippen molar-refractivity contribution in [2.24, 2.45) is 5.92 Å². The number of rotatable bonds is 4. The number of carbonyl (C=O) groups excluding carboxylic acids is 2. The second-order valence-electron chi connectivity index (χ2n) is 9.73. The molecule has 2 heterocycles. The molecule has 2 bridgehead atoms. The van der Waals surface area contributed by atoms with E-state index < -0.39 is 6.04 Å². The van der Waals surface area contributed by atoms with Crippen LogP contribution in [0.15, 0.2) is 24.3 Å². The van der Waals surface area contributed by atoms with Gasteiger partial charge in [0.2, 0.25) is 5.91 Å². The normalized spacial score (nSPS) is 22.6. The number of hydrogen-bond donors (Lipinski definition) is 2. The predicted octanol–water partition coefficient (Wildman–Crippen LogP) is 3.51. The van der Waals surface area contributed by atoms with Crippen molar-refractivity contribution in [3.05, 3.63) is 35.4 Å². The van der Waals surface area contributed by atoms with Crippen molar-refractivity contribution < 1.29 is 9.59 Å². The van der Waals surface area contributed by atoms with E-state index in [4.69, 9.17) is 0 Å². The van der Waals surface area contributed by atoms with E-state index >= 15 is 0 Å². The first-order valence-corrected chi connectivity index (χ1v) is 10.6. The van der Waals surface area contributed by atoms with E-state index in [1.165, 1.54) is 12.0 Å². The Labute approximate surface area is 181 Å². The first-order chi connectivity index (χ1) is 13.1. The second-order valence-corrected chi connectivity index (χ2v) is 9.73. The van der Waals surface area contributed by atoms with Crippen LogP contribution in [0.3, 0.4) is 0 Å². The largest absolute Gasteiger partial charge is 0.340 e. The van der Waals surface area contributed by atoms with Gasteiger partial charge in [-0.3, -0.25) is 9.59 Å². The molecule has 3 unspecified atom stereocenters. The zero-order valence-corrected chi connectivity index (χ0v) is 19.1. The molecular formula is C23H36ClN3O2. The van der Waals surface area contributed by atoms with Crippen LogP contribution < -0.4 is 10.6 Å². The van der Waals surface area contributed by atoms with E-state index in [1.807, 2.05) is 43.0 Å². The Morgan fingerprint density at radius 1 is 1.07 bits per heavy atom. The van der Waals surface area contributed by atoms with Crippen LogP contribution in [0.4, 0.5) is 0 Å². The topological polar surface area (TPSA) is 61.4 Å². The lowest BCUT2D eigenvalue weighted by Gasteiger charge is -2.31. The van der Waals surface area contributed by atoms with Crippen molar-refractivity contribution in [1.82, 2.24) is 15.5 Å². The summed E-state index contributed by atoms with van der Waals surface area (Å²) in [5, 5.41) is 6.61. The standard InChI is InChI=1S/C23H35N3O2.ClH/c1-15(2)20(22(28)26-13-12-18-10-11-19(14-26)24-18)25-21(27)16-6-8-17(9-7-16)23(3,4)5;/h6-9,15,18-20,24H,10-14H2,1-5H3,(H,25,27);1H. The molecule has 6 heteroatoms. The minimum absolute atomic E-state index is 0. The highest BCUT2D eigenvalue weighted by Gasteiger charge is 2.35. The van der Waals surface area contributed by atoms with Gasteiger partial charge >= 0.3 is 0 Å². The van der Waals surface area contributed by atoms with Gasteiger partial charge in [-0.05, 0) is 48.3 Å². The second kappa shape index (κ2) is 9.48. The van der Waals surface area contributed by atoms with Crippen LogP contribution in [0.1, 0.15) is 69.8 Å². The van der Waals surface area contributed by atoms with Crippen LogP contribution in [0, 0.1) is 5.92 Å². The van der Waals surface area contributed by atoms with Gasteiger partial charge in [0.25, 0.3) is 5.91 Å². The van der Waals surface area contributed by atoms with E-state index in [9.17, 15) is 9.59 Å². The maximum atomic E-state index is 13.2. The number of nitrogens with zero attached hydrogens (tertiary/aromatic N) is 1. The molecule has 0 saturated carbocycles. The van der Waals surface area contributed by atoms with Crippen molar-refractivity contribution in [2.75, 3.05) is 13.1 Å². The minimum atomic E-state index is -0.494. The Balaban J connectivity index is 0.00000300. The molecule has 2 N–H and O–H groups in total. The summed E-state index contributed by atoms with van der Waals surface area (Å²) in [7, 11) is 0. The van der Waals surface area contributed by atoms with Gasteiger partial charge in [-0.25, -0.2) is 0 Å². The fraction of sp³-hybridized carbons (Fsp3) is 0.652. The van der Waals surface area contributed by atoms with E-state index in [0.29, 0.717) is 17.6 Å². The van der Waals surface area contributed by atoms with Gasteiger partial charge in [0.05, 0.1) is 0 Å². The van der Waals surface area contributed by atoms with Crippen LogP contribution in [0.5, 0.6) is 0 Å². The van der Waals surface area contributed by atoms with Crippen LogP contribution in [0.25, 0.3) is 0 Å². The van der Waals surface area contributed by atoms with E-state index in [0.717, 1.165) is 25.9 Å². The number of amides is 2. The minimum Gasteiger partial charge on any atom is -0.340 e. The number of benzene rings is 1. The molecular weight excluding hydrogens is 386 g/mol. The van der Waals surface area contributed by atoms with Crippen LogP contribution in [0.2, 0.25) is 0 Å². The van der Waals surface area contributed by atoms with Crippen molar-refractivity contribution >= 4 is 24.2 Å². The number of hydrogen-bond acceptors (Lipinski definition) is 3. The molecule has 5 nitrogen and oxygen atoms in total. The smallest absolute Gasteiger partial charge is 0.251 e. The Kier molecular flexibility index (Phi) is 7.74. The van der Waals surface area contributed by atoms with Crippen molar-refractivity contribution in [3.8, 4) is 0 Å². The summed E-state index contributed by atoms with van der Waals surface area (Å²) in [5.41, 5.74) is 1.83. The van der Waals surface area contributed by atoms with Crippen LogP contribution in [-0.2, 0) is 10.2 Å². The maximum Gasteiger partial charge on any atom is 0.251 e. The average Bonchev–Trinajstić information content (AvgIpc) is 2.96. The monoisotopic (exact) mass is 421 g/mol. The summed E-state index contributed by atoms with van der Waals surface area (Å²) in [6.45, 7) is 12.0. The van der Waals surface area contributed by atoms with Crippen LogP contribution >= 0.6 is 12.4 Å². The van der Waals surface area contributed by atoms with Gasteiger partial charge in [0, 0.05) is 30.7 Å². The highest BCUT2D eigenvalue weighted by Crippen LogP contribution is 2.23. The van der Waals surface area contributed by atoms with Gasteiger partial charge < -0.3 is 15.5 Å². The first kappa shape index (κ1) is 23.7. The lowest BCUT2D eigenvalue weighted by atomic mass is 9.86. The molecule has 0 aliphatic carbocycles. The Morgan fingerprint density at radius 3 is 2.28 bits per heavy atom. The maximum absolute atomic E-state index is 13.2. The summed E-state index contributed by atoms with van der Waals surface area (Å²) in [4.78, 5) is 28.0. The third kappa shape index (κ3) is 5.73. The number of likely N-dealkylation sites (tertiary alicyclic amines) is 1. The quantitative estimate of drug-likeness (QED) is 0.781. The average molecular weight is 422 g/mol. The van der Waals surface area contributed by atoms with Gasteiger partial charge in [0.15, 0.2) is 0 Å². The van der Waals surface area contributed by atoms with Gasteiger partial charge in [0.1, 0.15) is 6.04 Å². The molecule has 1 aromatic rings. The molecule has 162 valence electrons. The van der Waals surface area contributed by atoms with Crippen molar-refractivity contribution in [3.63, 3.8) is 0 Å². The van der Waals surface area contributed by atoms with E-state index in [-0.39, 0.29) is 35.6 Å². The molecule has 0 spiro atoms. The van der Waals surface area contributed by atoms with E-state index in [2.05, 4.69) is 31.4 Å². The van der Waals surface area contributed by atoms with Crippen LogP contribution in [-0.4, -0.2) is 47.9 Å². The predicted molar refractivity (Wildman–Crippen MR) is 120 cm³/mol. The van der Waals surface area contributed by atoms with Crippen molar-refractivity contribution in [1.29, 1.82) is 0 Å². The van der Waals surface area contributed by atoms with E-state index in [1.54, 1.807) is 0 Å². The fourth-order valence-corrected chi connectivity index (χ4v) is 4.20. The molecule has 3 rings (SSSR count). The Hall–Kier alpha value is -1.59. The molecule has 3 atom stereocenters. The molecule has 2 aliphatic rings.